The highest BCUT2D eigenvalue weighted by Crippen LogP contribution is 2.19. The third-order valence-corrected chi connectivity index (χ3v) is 3.14. The molecule has 0 aliphatic carbocycles. The van der Waals surface area contributed by atoms with Crippen LogP contribution in [0.3, 0.4) is 0 Å². The first-order chi connectivity index (χ1) is 8.82. The molecule has 1 aromatic rings. The molecule has 19 heavy (non-hydrogen) atoms. The summed E-state index contributed by atoms with van der Waals surface area (Å²) in [6, 6.07) is 7.50. The van der Waals surface area contributed by atoms with Crippen molar-refractivity contribution in [1.82, 2.24) is 5.32 Å². The molecular weight excluding hydrogens is 240 g/mol. The molecular formula is C15H24N2O2. The highest BCUT2D eigenvalue weighted by atomic mass is 16.5. The highest BCUT2D eigenvalue weighted by molar-refractivity contribution is 5.76. The Morgan fingerprint density at radius 1 is 1.42 bits per heavy atom. The summed E-state index contributed by atoms with van der Waals surface area (Å²) in [6.45, 7) is 6.60. The van der Waals surface area contributed by atoms with Crippen LogP contribution in [0, 0.1) is 5.41 Å². The van der Waals surface area contributed by atoms with Gasteiger partial charge in [-0.05, 0) is 23.1 Å². The Bertz CT molecular complexity index is 424. The lowest BCUT2D eigenvalue weighted by molar-refractivity contribution is -0.122. The topological polar surface area (TPSA) is 64.3 Å². The minimum absolute atomic E-state index is 0.0229. The first kappa shape index (κ1) is 15.5. The van der Waals surface area contributed by atoms with Crippen LogP contribution < -0.4 is 15.8 Å². The fraction of sp³-hybridized carbons (Fsp3) is 0.533. The summed E-state index contributed by atoms with van der Waals surface area (Å²) in [6.07, 6.45) is 0.341. The molecule has 0 saturated carbocycles. The van der Waals surface area contributed by atoms with E-state index < -0.39 is 0 Å². The van der Waals surface area contributed by atoms with Crippen LogP contribution in [0.2, 0.25) is 0 Å². The van der Waals surface area contributed by atoms with Gasteiger partial charge >= 0.3 is 0 Å². The molecule has 0 fully saturated rings. The molecule has 4 nitrogen and oxygen atoms in total. The SMILES string of the molecule is COc1cccc(CNC(=O)CC(N)C(C)(C)C)c1. The molecule has 0 heterocycles. The minimum atomic E-state index is -0.141. The van der Waals surface area contributed by atoms with Crippen LogP contribution in [-0.4, -0.2) is 19.1 Å². The van der Waals surface area contributed by atoms with Crippen LogP contribution in [0.4, 0.5) is 0 Å². The van der Waals surface area contributed by atoms with Crippen molar-refractivity contribution in [3.8, 4) is 5.75 Å². The quantitative estimate of drug-likeness (QED) is 0.855. The molecule has 0 bridgehead atoms. The van der Waals surface area contributed by atoms with Crippen molar-refractivity contribution in [1.29, 1.82) is 0 Å². The molecule has 3 N–H and O–H groups in total. The van der Waals surface area contributed by atoms with E-state index in [1.54, 1.807) is 7.11 Å². The van der Waals surface area contributed by atoms with Crippen molar-refractivity contribution in [2.45, 2.75) is 39.8 Å². The summed E-state index contributed by atoms with van der Waals surface area (Å²) >= 11 is 0. The molecule has 0 aliphatic rings. The summed E-state index contributed by atoms with van der Waals surface area (Å²) in [5.41, 5.74) is 6.93. The first-order valence-electron chi connectivity index (χ1n) is 6.48. The summed E-state index contributed by atoms with van der Waals surface area (Å²) < 4.78 is 5.14. The number of nitrogens with two attached hydrogens (primary N) is 1. The molecule has 1 amide bonds. The van der Waals surface area contributed by atoms with E-state index >= 15 is 0 Å². The number of benzene rings is 1. The third kappa shape index (κ3) is 5.30. The van der Waals surface area contributed by atoms with Gasteiger partial charge in [0.15, 0.2) is 0 Å². The average molecular weight is 264 g/mol. The average Bonchev–Trinajstić information content (AvgIpc) is 2.35. The summed E-state index contributed by atoms with van der Waals surface area (Å²) in [7, 11) is 1.63. The smallest absolute Gasteiger partial charge is 0.221 e. The van der Waals surface area contributed by atoms with E-state index in [0.717, 1.165) is 11.3 Å². The lowest BCUT2D eigenvalue weighted by Crippen LogP contribution is -2.40. The number of carbonyl (C=O) groups excluding carboxylic acids is 1. The molecule has 0 saturated heterocycles. The maximum atomic E-state index is 11.8. The standard InChI is InChI=1S/C15H24N2O2/c1-15(2,3)13(16)9-14(18)17-10-11-6-5-7-12(8-11)19-4/h5-8,13H,9-10,16H2,1-4H3,(H,17,18). The largest absolute Gasteiger partial charge is 0.497 e. The van der Waals surface area contributed by atoms with Gasteiger partial charge in [0.2, 0.25) is 5.91 Å². The number of hydrogen-bond donors (Lipinski definition) is 2. The zero-order chi connectivity index (χ0) is 14.5. The lowest BCUT2D eigenvalue weighted by Gasteiger charge is -2.26. The summed E-state index contributed by atoms with van der Waals surface area (Å²) in [4.78, 5) is 11.8. The van der Waals surface area contributed by atoms with Gasteiger partial charge in [-0.2, -0.15) is 0 Å². The number of carbonyl (C=O) groups is 1. The number of ether oxygens (including phenoxy) is 1. The highest BCUT2D eigenvalue weighted by Gasteiger charge is 2.22. The number of rotatable bonds is 5. The lowest BCUT2D eigenvalue weighted by atomic mass is 9.85. The van der Waals surface area contributed by atoms with Gasteiger partial charge in [-0.1, -0.05) is 32.9 Å². The van der Waals surface area contributed by atoms with Gasteiger partial charge in [0, 0.05) is 19.0 Å². The molecule has 1 atom stereocenters. The van der Waals surface area contributed by atoms with Gasteiger partial charge in [0.05, 0.1) is 7.11 Å². The van der Waals surface area contributed by atoms with Crippen molar-refractivity contribution in [3.05, 3.63) is 29.8 Å². The molecule has 1 unspecified atom stereocenters. The fourth-order valence-electron chi connectivity index (χ4n) is 1.56. The fourth-order valence-corrected chi connectivity index (χ4v) is 1.56. The van der Waals surface area contributed by atoms with Gasteiger partial charge in [0.1, 0.15) is 5.75 Å². The Labute approximate surface area is 115 Å². The molecule has 0 radical (unpaired) electrons. The van der Waals surface area contributed by atoms with Crippen molar-refractivity contribution in [3.63, 3.8) is 0 Å². The van der Waals surface area contributed by atoms with Crippen LogP contribution in [0.5, 0.6) is 5.75 Å². The molecule has 0 aliphatic heterocycles. The Balaban J connectivity index is 2.46. The van der Waals surface area contributed by atoms with Gasteiger partial charge in [-0.15, -0.1) is 0 Å². The second-order valence-corrected chi connectivity index (χ2v) is 5.80. The molecule has 0 aromatic heterocycles. The van der Waals surface area contributed by atoms with Crippen LogP contribution in [-0.2, 0) is 11.3 Å². The van der Waals surface area contributed by atoms with Gasteiger partial charge < -0.3 is 15.8 Å². The normalized spacial score (nSPS) is 12.9. The number of hydrogen-bond acceptors (Lipinski definition) is 3. The molecule has 106 valence electrons. The second-order valence-electron chi connectivity index (χ2n) is 5.80. The van der Waals surface area contributed by atoms with E-state index in [0.29, 0.717) is 13.0 Å². The molecule has 0 spiro atoms. The zero-order valence-corrected chi connectivity index (χ0v) is 12.2. The van der Waals surface area contributed by atoms with Crippen LogP contribution >= 0.6 is 0 Å². The van der Waals surface area contributed by atoms with Crippen molar-refractivity contribution < 1.29 is 9.53 Å². The Morgan fingerprint density at radius 3 is 2.68 bits per heavy atom. The third-order valence-electron chi connectivity index (χ3n) is 3.14. The summed E-state index contributed by atoms with van der Waals surface area (Å²) in [5, 5.41) is 2.88. The van der Waals surface area contributed by atoms with Crippen LogP contribution in [0.1, 0.15) is 32.8 Å². The van der Waals surface area contributed by atoms with Gasteiger partial charge in [-0.25, -0.2) is 0 Å². The van der Waals surface area contributed by atoms with Crippen molar-refractivity contribution in [2.24, 2.45) is 11.1 Å². The molecule has 1 aromatic carbocycles. The Hall–Kier alpha value is -1.55. The van der Waals surface area contributed by atoms with E-state index in [9.17, 15) is 4.79 Å². The predicted molar refractivity (Wildman–Crippen MR) is 76.9 cm³/mol. The van der Waals surface area contributed by atoms with Crippen LogP contribution in [0.25, 0.3) is 0 Å². The number of amides is 1. The van der Waals surface area contributed by atoms with Gasteiger partial charge in [-0.3, -0.25) is 4.79 Å². The first-order valence-corrected chi connectivity index (χ1v) is 6.48. The van der Waals surface area contributed by atoms with E-state index in [2.05, 4.69) is 5.32 Å². The predicted octanol–water partition coefficient (Wildman–Crippen LogP) is 2.07. The van der Waals surface area contributed by atoms with Crippen molar-refractivity contribution in [2.75, 3.05) is 7.11 Å². The maximum absolute atomic E-state index is 11.8. The number of nitrogens with one attached hydrogen (secondary N) is 1. The number of methoxy groups -OCH3 is 1. The monoisotopic (exact) mass is 264 g/mol. The minimum Gasteiger partial charge on any atom is -0.497 e. The van der Waals surface area contributed by atoms with Crippen molar-refractivity contribution >= 4 is 5.91 Å². The Kier molecular flexibility index (Phi) is 5.36. The van der Waals surface area contributed by atoms with Crippen LogP contribution in [0.15, 0.2) is 24.3 Å². The zero-order valence-electron chi connectivity index (χ0n) is 12.2. The van der Waals surface area contributed by atoms with E-state index in [-0.39, 0.29) is 17.4 Å². The van der Waals surface area contributed by atoms with E-state index in [1.165, 1.54) is 0 Å². The second kappa shape index (κ2) is 6.57. The summed E-state index contributed by atoms with van der Waals surface area (Å²) in [5.74, 6) is 0.767. The van der Waals surface area contributed by atoms with E-state index in [1.807, 2.05) is 45.0 Å². The molecule has 1 rings (SSSR count). The van der Waals surface area contributed by atoms with E-state index in [4.69, 9.17) is 10.5 Å². The maximum Gasteiger partial charge on any atom is 0.221 e. The molecule has 4 heteroatoms. The Morgan fingerprint density at radius 2 is 2.11 bits per heavy atom. The van der Waals surface area contributed by atoms with Gasteiger partial charge in [0.25, 0.3) is 0 Å².